The zero-order chi connectivity index (χ0) is 8.43. The van der Waals surface area contributed by atoms with Gasteiger partial charge in [-0.15, -0.1) is 0 Å². The molecule has 0 aliphatic rings. The van der Waals surface area contributed by atoms with Crippen molar-refractivity contribution < 1.29 is 9.90 Å². The highest BCUT2D eigenvalue weighted by atomic mass is 27.0. The minimum atomic E-state index is -0.847. The lowest BCUT2D eigenvalue weighted by atomic mass is 10.0. The summed E-state index contributed by atoms with van der Waals surface area (Å²) in [6.45, 7) is 3.60. The summed E-state index contributed by atoms with van der Waals surface area (Å²) in [6, 6.07) is 5.46. The van der Waals surface area contributed by atoms with Gasteiger partial charge >= 0.3 is 5.97 Å². The van der Waals surface area contributed by atoms with Gasteiger partial charge in [0, 0.05) is 0 Å². The summed E-state index contributed by atoms with van der Waals surface area (Å²) >= 11 is 0. The van der Waals surface area contributed by atoms with Crippen molar-refractivity contribution in [2.75, 3.05) is 0 Å². The molecule has 1 aromatic carbocycles. The highest BCUT2D eigenvalue weighted by Gasteiger charge is 2.08. The van der Waals surface area contributed by atoms with Gasteiger partial charge < -0.3 is 5.11 Å². The van der Waals surface area contributed by atoms with E-state index in [4.69, 9.17) is 5.11 Å². The van der Waals surface area contributed by atoms with E-state index in [1.807, 2.05) is 6.07 Å². The summed E-state index contributed by atoms with van der Waals surface area (Å²) < 4.78 is 0. The summed E-state index contributed by atoms with van der Waals surface area (Å²) in [5, 5.41) is 8.75. The number of carboxylic acids is 1. The van der Waals surface area contributed by atoms with Crippen molar-refractivity contribution >= 4 is 23.3 Å². The molecule has 0 heterocycles. The highest BCUT2D eigenvalue weighted by Crippen LogP contribution is 2.12. The van der Waals surface area contributed by atoms with Gasteiger partial charge in [-0.3, -0.25) is 0 Å². The summed E-state index contributed by atoms with van der Waals surface area (Å²) in [6.07, 6.45) is 0. The number of rotatable bonds is 1. The van der Waals surface area contributed by atoms with E-state index < -0.39 is 5.97 Å². The van der Waals surface area contributed by atoms with E-state index in [1.54, 1.807) is 26.0 Å². The molecule has 0 atom stereocenters. The number of benzene rings is 1. The quantitative estimate of drug-likeness (QED) is 0.649. The second-order valence-electron chi connectivity index (χ2n) is 2.57. The number of aromatic carboxylic acids is 1. The molecule has 1 rings (SSSR count). The molecule has 0 spiro atoms. The average Bonchev–Trinajstić information content (AvgIpc) is 1.85. The maximum absolute atomic E-state index is 10.6. The molecule has 1 aromatic rings. The van der Waals surface area contributed by atoms with Gasteiger partial charge in [-0.2, -0.15) is 0 Å². The molecule has 0 saturated carbocycles. The number of carboxylic acid groups (broad SMARTS) is 1. The lowest BCUT2D eigenvalue weighted by Gasteiger charge is -2.02. The molecule has 0 radical (unpaired) electrons. The first-order chi connectivity index (χ1) is 5.13. The largest absolute Gasteiger partial charge is 0.478 e. The Balaban J connectivity index is 0.00000121. The van der Waals surface area contributed by atoms with Gasteiger partial charge in [0.1, 0.15) is 0 Å². The molecule has 3 heteroatoms. The fourth-order valence-electron chi connectivity index (χ4n) is 1.15. The Labute approximate surface area is 82.4 Å². The van der Waals surface area contributed by atoms with Gasteiger partial charge in [-0.05, 0) is 25.0 Å². The summed E-state index contributed by atoms with van der Waals surface area (Å²) in [4.78, 5) is 10.6. The minimum absolute atomic E-state index is 0. The van der Waals surface area contributed by atoms with E-state index >= 15 is 0 Å². The van der Waals surface area contributed by atoms with Gasteiger partial charge in [0.2, 0.25) is 0 Å². The van der Waals surface area contributed by atoms with Crippen LogP contribution in [-0.2, 0) is 0 Å². The molecule has 2 nitrogen and oxygen atoms in total. The maximum Gasteiger partial charge on any atom is 0.336 e. The van der Waals surface area contributed by atoms with Gasteiger partial charge in [-0.1, -0.05) is 18.2 Å². The van der Waals surface area contributed by atoms with Crippen molar-refractivity contribution in [3.8, 4) is 0 Å². The molecule has 0 aliphatic carbocycles. The second-order valence-corrected chi connectivity index (χ2v) is 2.57. The molecular formula is C9H13AlO2. The predicted octanol–water partition coefficient (Wildman–Crippen LogP) is 0.818. The van der Waals surface area contributed by atoms with Crippen molar-refractivity contribution in [2.45, 2.75) is 13.8 Å². The van der Waals surface area contributed by atoms with Crippen molar-refractivity contribution in [2.24, 2.45) is 0 Å². The summed E-state index contributed by atoms with van der Waals surface area (Å²) in [7, 11) is 0. The van der Waals surface area contributed by atoms with Crippen LogP contribution in [0.5, 0.6) is 0 Å². The van der Waals surface area contributed by atoms with Crippen LogP contribution in [0.15, 0.2) is 18.2 Å². The second kappa shape index (κ2) is 4.30. The Morgan fingerprint density at radius 1 is 1.25 bits per heavy atom. The molecule has 64 valence electrons. The number of aryl methyl sites for hydroxylation is 2. The fraction of sp³-hybridized carbons (Fsp3) is 0.222. The first-order valence-electron chi connectivity index (χ1n) is 3.42. The van der Waals surface area contributed by atoms with Crippen molar-refractivity contribution in [3.63, 3.8) is 0 Å². The Kier molecular flexibility index (Phi) is 4.02. The van der Waals surface area contributed by atoms with Crippen molar-refractivity contribution in [1.82, 2.24) is 0 Å². The van der Waals surface area contributed by atoms with E-state index in [2.05, 4.69) is 0 Å². The molecule has 0 aromatic heterocycles. The van der Waals surface area contributed by atoms with Crippen LogP contribution in [0.4, 0.5) is 0 Å². The molecule has 0 aliphatic heterocycles. The van der Waals surface area contributed by atoms with Crippen LogP contribution in [0.1, 0.15) is 21.5 Å². The van der Waals surface area contributed by atoms with Gasteiger partial charge in [0.25, 0.3) is 0 Å². The number of carbonyl (C=O) groups is 1. The van der Waals surface area contributed by atoms with Crippen LogP contribution in [0.3, 0.4) is 0 Å². The van der Waals surface area contributed by atoms with Crippen LogP contribution in [0.2, 0.25) is 0 Å². The monoisotopic (exact) mass is 180 g/mol. The standard InChI is InChI=1S/C9H10O2.Al.3H/c1-6-4-3-5-7(2)8(6)9(10)11;;;;/h3-5H,1-2H3,(H,10,11);;;;. The molecule has 0 saturated heterocycles. The Hall–Kier alpha value is -0.778. The first-order valence-corrected chi connectivity index (χ1v) is 3.42. The number of hydrogen-bond acceptors (Lipinski definition) is 1. The van der Waals surface area contributed by atoms with Gasteiger partial charge in [0.05, 0.1) is 5.56 Å². The molecule has 0 amide bonds. The Morgan fingerprint density at radius 2 is 1.67 bits per heavy atom. The van der Waals surface area contributed by atoms with E-state index in [1.165, 1.54) is 0 Å². The van der Waals surface area contributed by atoms with E-state index in [0.29, 0.717) is 5.56 Å². The SMILES string of the molecule is Cc1cccc(C)c1C(=O)O.[AlH3]. The molecule has 0 fully saturated rings. The average molecular weight is 180 g/mol. The molecule has 12 heavy (non-hydrogen) atoms. The van der Waals surface area contributed by atoms with E-state index in [0.717, 1.165) is 11.1 Å². The van der Waals surface area contributed by atoms with E-state index in [-0.39, 0.29) is 17.4 Å². The maximum atomic E-state index is 10.6. The van der Waals surface area contributed by atoms with Crippen LogP contribution >= 0.6 is 0 Å². The zero-order valence-corrected chi connectivity index (χ0v) is 6.59. The van der Waals surface area contributed by atoms with Crippen molar-refractivity contribution in [1.29, 1.82) is 0 Å². The zero-order valence-electron chi connectivity index (χ0n) is 6.59. The first kappa shape index (κ1) is 11.2. The lowest BCUT2D eigenvalue weighted by molar-refractivity contribution is 0.0695. The number of hydrogen-bond donors (Lipinski definition) is 1. The Bertz CT molecular complexity index is 274. The van der Waals surface area contributed by atoms with Crippen LogP contribution < -0.4 is 0 Å². The third-order valence-corrected chi connectivity index (χ3v) is 1.69. The predicted molar refractivity (Wildman–Crippen MR) is 52.8 cm³/mol. The highest BCUT2D eigenvalue weighted by molar-refractivity contribution is 5.90. The topological polar surface area (TPSA) is 37.3 Å². The van der Waals surface area contributed by atoms with Crippen LogP contribution in [0.25, 0.3) is 0 Å². The molecule has 0 unspecified atom stereocenters. The minimum Gasteiger partial charge on any atom is -0.478 e. The fourth-order valence-corrected chi connectivity index (χ4v) is 1.15. The van der Waals surface area contributed by atoms with Crippen molar-refractivity contribution in [3.05, 3.63) is 34.9 Å². The van der Waals surface area contributed by atoms with Gasteiger partial charge in [-0.25, -0.2) is 4.79 Å². The third-order valence-electron chi connectivity index (χ3n) is 1.69. The van der Waals surface area contributed by atoms with Crippen LogP contribution in [0, 0.1) is 13.8 Å². The van der Waals surface area contributed by atoms with E-state index in [9.17, 15) is 4.79 Å². The smallest absolute Gasteiger partial charge is 0.336 e. The third kappa shape index (κ3) is 2.10. The summed E-state index contributed by atoms with van der Waals surface area (Å²) in [5.41, 5.74) is 2.06. The van der Waals surface area contributed by atoms with Crippen LogP contribution in [-0.4, -0.2) is 28.4 Å². The Morgan fingerprint density at radius 3 is 1.92 bits per heavy atom. The normalized spacial score (nSPS) is 8.83. The summed E-state index contributed by atoms with van der Waals surface area (Å²) in [5.74, 6) is -0.847. The molecule has 1 N–H and O–H groups in total. The van der Waals surface area contributed by atoms with Gasteiger partial charge in [0.15, 0.2) is 17.4 Å². The molecular weight excluding hydrogens is 167 g/mol. The molecule has 0 bridgehead atoms. The lowest BCUT2D eigenvalue weighted by Crippen LogP contribution is -2.01.